The molecule has 2 aromatic carbocycles. The molecule has 2 amide bonds. The number of amidine groups is 1. The number of hydrogen-bond acceptors (Lipinski definition) is 6. The van der Waals surface area contributed by atoms with Crippen LogP contribution in [0.4, 0.5) is 18.9 Å². The zero-order valence-electron chi connectivity index (χ0n) is 17.4. The third-order valence-electron chi connectivity index (χ3n) is 4.51. The molecule has 174 valence electrons. The van der Waals surface area contributed by atoms with Crippen molar-refractivity contribution in [2.24, 2.45) is 10.2 Å². The lowest BCUT2D eigenvalue weighted by Crippen LogP contribution is -2.28. The van der Waals surface area contributed by atoms with Crippen LogP contribution < -0.4 is 15.4 Å². The van der Waals surface area contributed by atoms with Crippen molar-refractivity contribution in [2.75, 3.05) is 12.4 Å². The van der Waals surface area contributed by atoms with E-state index in [9.17, 15) is 22.8 Å². The van der Waals surface area contributed by atoms with Crippen molar-refractivity contribution < 1.29 is 27.5 Å². The van der Waals surface area contributed by atoms with Crippen molar-refractivity contribution in [1.82, 2.24) is 5.32 Å². The summed E-state index contributed by atoms with van der Waals surface area (Å²) in [7, 11) is 1.44. The highest BCUT2D eigenvalue weighted by atomic mass is 35.5. The first-order valence-electron chi connectivity index (χ1n) is 9.47. The summed E-state index contributed by atoms with van der Waals surface area (Å²) in [4.78, 5) is 24.6. The number of alkyl halides is 3. The summed E-state index contributed by atoms with van der Waals surface area (Å²) in [5.41, 5.74) is 0.140. The fourth-order valence-electron chi connectivity index (χ4n) is 2.90. The molecule has 0 unspecified atom stereocenters. The van der Waals surface area contributed by atoms with Crippen LogP contribution in [0.1, 0.15) is 23.1 Å². The Morgan fingerprint density at radius 3 is 2.76 bits per heavy atom. The van der Waals surface area contributed by atoms with Gasteiger partial charge in [-0.05, 0) is 24.6 Å². The van der Waals surface area contributed by atoms with E-state index in [1.807, 2.05) is 0 Å². The number of ether oxygens (including phenoxy) is 1. The van der Waals surface area contributed by atoms with Gasteiger partial charge in [-0.3, -0.25) is 9.59 Å². The Morgan fingerprint density at radius 1 is 1.33 bits per heavy atom. The number of carbonyl (C=O) groups is 2. The molecule has 1 saturated heterocycles. The number of benzene rings is 2. The van der Waals surface area contributed by atoms with Gasteiger partial charge in [-0.25, -0.2) is 0 Å². The Labute approximate surface area is 196 Å². The number of amides is 2. The van der Waals surface area contributed by atoms with Gasteiger partial charge in [0.2, 0.25) is 11.8 Å². The summed E-state index contributed by atoms with van der Waals surface area (Å²) in [6.45, 7) is 1.77. The van der Waals surface area contributed by atoms with Crippen LogP contribution in [0, 0.1) is 6.92 Å². The van der Waals surface area contributed by atoms with E-state index in [1.54, 1.807) is 19.1 Å². The number of aryl methyl sites for hydroxylation is 1. The van der Waals surface area contributed by atoms with Crippen LogP contribution in [0.25, 0.3) is 0 Å². The second kappa shape index (κ2) is 10.3. The largest absolute Gasteiger partial charge is 0.495 e. The van der Waals surface area contributed by atoms with E-state index in [1.165, 1.54) is 25.3 Å². The van der Waals surface area contributed by atoms with Gasteiger partial charge in [0, 0.05) is 23.1 Å². The predicted octanol–water partition coefficient (Wildman–Crippen LogP) is 4.63. The minimum absolute atomic E-state index is 0.0819. The highest BCUT2D eigenvalue weighted by molar-refractivity contribution is 8.15. The molecule has 0 aromatic heterocycles. The van der Waals surface area contributed by atoms with Gasteiger partial charge in [-0.2, -0.15) is 18.3 Å². The molecule has 12 heteroatoms. The van der Waals surface area contributed by atoms with Gasteiger partial charge in [0.25, 0.3) is 0 Å². The molecule has 2 aromatic rings. The first-order valence-corrected chi connectivity index (χ1v) is 10.7. The van der Waals surface area contributed by atoms with Gasteiger partial charge in [0.05, 0.1) is 24.6 Å². The number of nitrogens with one attached hydrogen (secondary N) is 2. The number of methoxy groups -OCH3 is 1. The van der Waals surface area contributed by atoms with E-state index in [0.29, 0.717) is 16.5 Å². The third kappa shape index (κ3) is 6.26. The maximum Gasteiger partial charge on any atom is 0.417 e. The molecule has 0 bridgehead atoms. The summed E-state index contributed by atoms with van der Waals surface area (Å²) >= 11 is 7.01. The molecule has 0 saturated carbocycles. The van der Waals surface area contributed by atoms with Crippen LogP contribution in [-0.4, -0.2) is 35.6 Å². The molecule has 0 radical (unpaired) electrons. The minimum atomic E-state index is -4.53. The highest BCUT2D eigenvalue weighted by Crippen LogP contribution is 2.32. The topological polar surface area (TPSA) is 92.2 Å². The van der Waals surface area contributed by atoms with E-state index < -0.39 is 28.8 Å². The molecule has 1 fully saturated rings. The summed E-state index contributed by atoms with van der Waals surface area (Å²) in [6, 6.07) is 8.14. The minimum Gasteiger partial charge on any atom is -0.495 e. The number of nitrogens with zero attached hydrogens (tertiary/aromatic N) is 2. The van der Waals surface area contributed by atoms with Crippen LogP contribution in [-0.2, 0) is 15.8 Å². The summed E-state index contributed by atoms with van der Waals surface area (Å²) in [5.74, 6) is -0.524. The number of anilines is 1. The fraction of sp³-hybridized carbons (Fsp3) is 0.238. The molecule has 33 heavy (non-hydrogen) atoms. The van der Waals surface area contributed by atoms with E-state index in [4.69, 9.17) is 16.3 Å². The average molecular weight is 499 g/mol. The summed E-state index contributed by atoms with van der Waals surface area (Å²) in [5, 5.41) is 12.3. The standard InChI is InChI=1S/C21H18ClF3N4O3S/c1-11-7-15(16(32-2)8-14(11)22)27-18(30)9-17-19(31)28-20(33-17)29-26-10-12-5-3-4-6-13(12)21(23,24)25/h3-8,10,17H,9H2,1-2H3,(H,27,30)(H,28,29,31)/b26-10-/t17-/m1/s1. The van der Waals surface area contributed by atoms with Crippen LogP contribution in [0.3, 0.4) is 0 Å². The molecule has 3 rings (SSSR count). The number of thioether (sulfide) groups is 1. The van der Waals surface area contributed by atoms with Crippen LogP contribution >= 0.6 is 23.4 Å². The van der Waals surface area contributed by atoms with E-state index in [2.05, 4.69) is 20.8 Å². The third-order valence-corrected chi connectivity index (χ3v) is 5.99. The van der Waals surface area contributed by atoms with Crippen molar-refractivity contribution in [2.45, 2.75) is 24.8 Å². The first-order chi connectivity index (χ1) is 15.6. The molecule has 7 nitrogen and oxygen atoms in total. The SMILES string of the molecule is COc1cc(Cl)c(C)cc1NC(=O)C[C@H]1S/C(=N/N=C\c2ccccc2C(F)(F)F)NC1=O. The quantitative estimate of drug-likeness (QED) is 0.449. The number of rotatable bonds is 6. The second-order valence-corrected chi connectivity index (χ2v) is 8.48. The molecular formula is C21H18ClF3N4O3S. The lowest BCUT2D eigenvalue weighted by atomic mass is 10.1. The number of hydrogen-bond donors (Lipinski definition) is 2. The maximum absolute atomic E-state index is 13.0. The Morgan fingerprint density at radius 2 is 2.06 bits per heavy atom. The van der Waals surface area contributed by atoms with Gasteiger partial charge in [0.1, 0.15) is 11.0 Å². The zero-order valence-corrected chi connectivity index (χ0v) is 18.9. The van der Waals surface area contributed by atoms with Crippen molar-refractivity contribution >= 4 is 52.2 Å². The molecule has 0 aliphatic carbocycles. The monoisotopic (exact) mass is 498 g/mol. The summed E-state index contributed by atoms with van der Waals surface area (Å²) < 4.78 is 44.3. The zero-order chi connectivity index (χ0) is 24.2. The first kappa shape index (κ1) is 24.6. The van der Waals surface area contributed by atoms with E-state index in [0.717, 1.165) is 29.6 Å². The van der Waals surface area contributed by atoms with Gasteiger partial charge in [0.15, 0.2) is 5.17 Å². The predicted molar refractivity (Wildman–Crippen MR) is 122 cm³/mol. The van der Waals surface area contributed by atoms with E-state index in [-0.39, 0.29) is 17.2 Å². The lowest BCUT2D eigenvalue weighted by Gasteiger charge is -2.13. The molecule has 1 heterocycles. The summed E-state index contributed by atoms with van der Waals surface area (Å²) in [6.07, 6.45) is -3.74. The molecule has 1 aliphatic heterocycles. The molecule has 1 atom stereocenters. The van der Waals surface area contributed by atoms with Gasteiger partial charge in [-0.15, -0.1) is 5.10 Å². The van der Waals surface area contributed by atoms with Crippen molar-refractivity contribution in [1.29, 1.82) is 0 Å². The van der Waals surface area contributed by atoms with Crippen LogP contribution in [0.15, 0.2) is 46.6 Å². The Bertz CT molecular complexity index is 1140. The molecule has 0 spiro atoms. The Kier molecular flexibility index (Phi) is 7.65. The lowest BCUT2D eigenvalue weighted by molar-refractivity contribution is -0.137. The van der Waals surface area contributed by atoms with E-state index >= 15 is 0 Å². The Balaban J connectivity index is 1.64. The molecule has 1 aliphatic rings. The average Bonchev–Trinajstić information content (AvgIpc) is 3.09. The van der Waals surface area contributed by atoms with Crippen LogP contribution in [0.5, 0.6) is 5.75 Å². The molecule has 2 N–H and O–H groups in total. The Hall–Kier alpha value is -3.05. The van der Waals surface area contributed by atoms with Crippen molar-refractivity contribution in [3.05, 3.63) is 58.1 Å². The van der Waals surface area contributed by atoms with Gasteiger partial charge >= 0.3 is 6.18 Å². The highest BCUT2D eigenvalue weighted by Gasteiger charge is 2.33. The van der Waals surface area contributed by atoms with Crippen molar-refractivity contribution in [3.63, 3.8) is 0 Å². The van der Waals surface area contributed by atoms with Gasteiger partial charge in [-0.1, -0.05) is 41.6 Å². The van der Waals surface area contributed by atoms with Crippen molar-refractivity contribution in [3.8, 4) is 5.75 Å². The second-order valence-electron chi connectivity index (χ2n) is 6.88. The molecular weight excluding hydrogens is 481 g/mol. The fourth-order valence-corrected chi connectivity index (χ4v) is 3.97. The van der Waals surface area contributed by atoms with Crippen LogP contribution in [0.2, 0.25) is 5.02 Å². The number of carbonyl (C=O) groups excluding carboxylic acids is 2. The van der Waals surface area contributed by atoms with Gasteiger partial charge < -0.3 is 15.4 Å². The number of halogens is 4. The normalized spacial score (nSPS) is 17.5. The maximum atomic E-state index is 13.0. The smallest absolute Gasteiger partial charge is 0.417 e.